The molecule has 2 aromatic rings. The monoisotopic (exact) mass is 1370 g/mol. The van der Waals surface area contributed by atoms with Gasteiger partial charge < -0.3 is 72.3 Å². The molecule has 14 atom stereocenters. The van der Waals surface area contributed by atoms with Crippen molar-refractivity contribution in [1.29, 1.82) is 0 Å². The van der Waals surface area contributed by atoms with E-state index in [0.717, 1.165) is 4.90 Å². The minimum absolute atomic E-state index is 0.0449. The molecule has 0 radical (unpaired) electrons. The van der Waals surface area contributed by atoms with Crippen molar-refractivity contribution in [1.82, 2.24) is 46.2 Å². The van der Waals surface area contributed by atoms with Crippen LogP contribution in [0.3, 0.4) is 0 Å². The van der Waals surface area contributed by atoms with Gasteiger partial charge in [-0.3, -0.25) is 53.5 Å². The highest BCUT2D eigenvalue weighted by Crippen LogP contribution is 2.57. The molecular weight excluding hydrogens is 1260 g/mol. The number of rotatable bonds is 35. The first kappa shape index (κ1) is 79.4. The van der Waals surface area contributed by atoms with Gasteiger partial charge in [-0.25, -0.2) is 9.59 Å². The minimum atomic E-state index is -1.81. The number of imide groups is 1. The molecule has 3 unspecified atom stereocenters. The van der Waals surface area contributed by atoms with Gasteiger partial charge in [-0.2, -0.15) is 0 Å². The number of anilines is 1. The Bertz CT molecular complexity index is 3100. The third kappa shape index (κ3) is 18.5. The summed E-state index contributed by atoms with van der Waals surface area (Å²) in [5.41, 5.74) is 8.96. The number of likely N-dealkylation sites (N-methyl/N-ethyl adjacent to an activating group) is 2. The van der Waals surface area contributed by atoms with Gasteiger partial charge in [-0.15, -0.1) is 0 Å². The van der Waals surface area contributed by atoms with Crippen LogP contribution in [-0.2, 0) is 59.2 Å². The molecule has 27 nitrogen and oxygen atoms in total. The van der Waals surface area contributed by atoms with E-state index in [1.54, 1.807) is 87.9 Å². The second-order valence-corrected chi connectivity index (χ2v) is 28.2. The molecule has 6 rings (SSSR count). The fraction of sp³-hybridized carbons (Fsp3) is 0.662. The second kappa shape index (κ2) is 35.5. The van der Waals surface area contributed by atoms with Gasteiger partial charge in [0, 0.05) is 65.8 Å². The van der Waals surface area contributed by atoms with Crippen molar-refractivity contribution in [3.63, 3.8) is 0 Å². The Labute approximate surface area is 577 Å². The van der Waals surface area contributed by atoms with Crippen LogP contribution in [0.5, 0.6) is 0 Å². The van der Waals surface area contributed by atoms with Crippen LogP contribution < -0.4 is 43.4 Å². The molecule has 0 aromatic heterocycles. The van der Waals surface area contributed by atoms with E-state index in [1.807, 2.05) is 45.9 Å². The first-order valence-corrected chi connectivity index (χ1v) is 34.7. The van der Waals surface area contributed by atoms with E-state index in [0.29, 0.717) is 74.7 Å². The normalized spacial score (nSPS) is 23.0. The average molecular weight is 1370 g/mol. The molecule has 2 bridgehead atoms. The van der Waals surface area contributed by atoms with Gasteiger partial charge in [-0.1, -0.05) is 117 Å². The van der Waals surface area contributed by atoms with Gasteiger partial charge in [0.1, 0.15) is 30.3 Å². The molecule has 0 spiro atoms. The van der Waals surface area contributed by atoms with Crippen LogP contribution in [0.2, 0.25) is 0 Å². The molecular formula is C71H110N12O15. The number of hydrogen-bond acceptors (Lipinski definition) is 17. The zero-order chi connectivity index (χ0) is 72.6. The number of nitrogens with zero attached hydrogens (tertiary/aromatic N) is 4. The number of benzene rings is 2. The lowest BCUT2D eigenvalue weighted by molar-refractivity contribution is -0.164. The maximum absolute atomic E-state index is 14.8. The van der Waals surface area contributed by atoms with Gasteiger partial charge in [0.15, 0.2) is 0 Å². The maximum atomic E-state index is 14.8. The number of ether oxygens (including phenoxy) is 3. The van der Waals surface area contributed by atoms with E-state index in [1.165, 1.54) is 38.3 Å². The summed E-state index contributed by atoms with van der Waals surface area (Å²) in [6, 6.07) is 8.79. The van der Waals surface area contributed by atoms with E-state index in [4.69, 9.17) is 25.7 Å². The predicted octanol–water partition coefficient (Wildman–Crippen LogP) is 4.28. The highest BCUT2D eigenvalue weighted by atomic mass is 16.6. The van der Waals surface area contributed by atoms with Crippen LogP contribution in [0, 0.1) is 23.7 Å². The molecule has 544 valence electrons. The Morgan fingerprint density at radius 1 is 0.745 bits per heavy atom. The summed E-state index contributed by atoms with van der Waals surface area (Å²) < 4.78 is 17.7. The molecule has 11 amide bonds. The van der Waals surface area contributed by atoms with Crippen molar-refractivity contribution in [2.24, 2.45) is 35.1 Å². The lowest BCUT2D eigenvalue weighted by Gasteiger charge is -2.53. The van der Waals surface area contributed by atoms with E-state index >= 15 is 0 Å². The number of urea groups is 1. The van der Waals surface area contributed by atoms with Crippen molar-refractivity contribution in [3.05, 3.63) is 77.9 Å². The number of aliphatic hydroxyl groups is 2. The molecule has 2 heterocycles. The van der Waals surface area contributed by atoms with Crippen molar-refractivity contribution >= 4 is 65.1 Å². The highest BCUT2D eigenvalue weighted by Gasteiger charge is 2.71. The number of fused-ring (bicyclic) bond motifs is 2. The van der Waals surface area contributed by atoms with Crippen LogP contribution in [0.25, 0.3) is 0 Å². The van der Waals surface area contributed by atoms with Crippen molar-refractivity contribution in [3.8, 4) is 0 Å². The van der Waals surface area contributed by atoms with Gasteiger partial charge >= 0.3 is 12.1 Å². The molecule has 2 saturated carbocycles. The Balaban J connectivity index is 1.07. The van der Waals surface area contributed by atoms with Crippen molar-refractivity contribution < 1.29 is 72.4 Å². The number of hydrogen-bond donors (Lipinski definition) is 10. The molecule has 27 heteroatoms. The molecule has 2 aliphatic heterocycles. The van der Waals surface area contributed by atoms with Crippen LogP contribution in [-0.4, -0.2) is 208 Å². The average Bonchev–Trinajstić information content (AvgIpc) is 1.52. The van der Waals surface area contributed by atoms with E-state index < -0.39 is 143 Å². The van der Waals surface area contributed by atoms with Crippen molar-refractivity contribution in [2.75, 3.05) is 53.3 Å². The number of primary amides is 1. The van der Waals surface area contributed by atoms with E-state index in [9.17, 15) is 58.2 Å². The number of aliphatic hydroxyl groups excluding tert-OH is 1. The number of amides is 11. The smallest absolute Gasteiger partial charge is 0.410 e. The second-order valence-electron chi connectivity index (χ2n) is 28.2. The Morgan fingerprint density at radius 3 is 1.97 bits per heavy atom. The number of likely N-dealkylation sites (tertiary alicyclic amines) is 1. The van der Waals surface area contributed by atoms with Gasteiger partial charge in [-0.05, 0) is 105 Å². The zero-order valence-electron chi connectivity index (χ0n) is 59.6. The molecule has 2 aromatic carbocycles. The summed E-state index contributed by atoms with van der Waals surface area (Å²) in [5.74, 6) is -5.24. The maximum Gasteiger partial charge on any atom is 0.410 e. The third-order valence-electron chi connectivity index (χ3n) is 20.7. The fourth-order valence-electron chi connectivity index (χ4n) is 15.1. The number of carbonyl (C=O) groups excluding carboxylic acids is 10. The third-order valence-corrected chi connectivity index (χ3v) is 20.7. The number of carbonyl (C=O) groups is 10. The standard InChI is InChI=1S/C71H110N12O15/c1-14-45(8)61(53(97-13)39-57(87)82-37-21-25-51(82)52(96-12)38-54(84)75-46(9)62(88)48-22-16-15-17-23-48)80(10)66(92)59(43(4)5)78-65(91)60(44(6)7)81(11)68(94)98-40-47-26-28-49(29-27-47)76-63(89)50(24-20-36-74-67(73)93)77-64(90)58(42(2)3)79-69-32-18-19-33-70(35-34-69,71(69,95)41-72)83-55(85)30-31-56(83)86/h15-17,22-23,26-31,42-46,50-53,58-62,79,88,95H,14,18-21,24-25,32-41,72H2,1-13H3,(H,75,84)(H,76,89)(H,77,90)(H,78,91)(H3,73,74,93)/t45-,46+,50+,51-,52+,53+,58-,59+,60-,61-,62+,69?,70?,71?/m0/s1. The molecule has 4 aliphatic rings. The van der Waals surface area contributed by atoms with E-state index in [2.05, 4.69) is 31.9 Å². The number of nitrogens with two attached hydrogens (primary N) is 2. The number of methoxy groups -OCH3 is 2. The zero-order valence-corrected chi connectivity index (χ0v) is 59.6. The fourth-order valence-corrected chi connectivity index (χ4v) is 15.1. The Kier molecular flexibility index (Phi) is 28.7. The summed E-state index contributed by atoms with van der Waals surface area (Å²) >= 11 is 0. The van der Waals surface area contributed by atoms with Crippen molar-refractivity contribution in [2.45, 2.75) is 230 Å². The van der Waals surface area contributed by atoms with Crippen LogP contribution in [0.15, 0.2) is 66.7 Å². The summed E-state index contributed by atoms with van der Waals surface area (Å²) in [4.78, 5) is 143. The Morgan fingerprint density at radius 2 is 1.39 bits per heavy atom. The first-order valence-electron chi connectivity index (χ1n) is 34.7. The van der Waals surface area contributed by atoms with Crippen LogP contribution in [0.4, 0.5) is 15.3 Å². The molecule has 98 heavy (non-hydrogen) atoms. The first-order chi connectivity index (χ1) is 46.4. The molecule has 1 saturated heterocycles. The largest absolute Gasteiger partial charge is 0.445 e. The van der Waals surface area contributed by atoms with Crippen LogP contribution in [0.1, 0.15) is 163 Å². The summed E-state index contributed by atoms with van der Waals surface area (Å²) in [5, 5.41) is 41.3. The predicted molar refractivity (Wildman–Crippen MR) is 368 cm³/mol. The topological polar surface area (TPSA) is 376 Å². The lowest BCUT2D eigenvalue weighted by Crippen LogP contribution is -2.76. The van der Waals surface area contributed by atoms with Gasteiger partial charge in [0.25, 0.3) is 11.8 Å². The summed E-state index contributed by atoms with van der Waals surface area (Å²) in [6.07, 6.45) is 3.80. The SMILES string of the molecule is CC[C@H](C)[C@@H]([C@@H](CC(=O)N1CCC[C@H]1[C@@H](CC(=O)N[C@H](C)[C@@H](O)c1ccccc1)OC)OC)N(C)C(=O)[C@H](NC(=O)[C@H](C(C)C)N(C)C(=O)OCc1ccc(NC(=O)[C@@H](CCCNC(N)=O)NC(=O)[C@@H](NC23CCCCC(N4C(=O)C=CC4=O)(CC2)C3(O)CN)C(C)C)cc1)C(C)C. The quantitative estimate of drug-likeness (QED) is 0.0340. The Hall–Kier alpha value is -7.56. The van der Waals surface area contributed by atoms with Crippen LogP contribution >= 0.6 is 0 Å². The number of nitrogens with one attached hydrogen (secondary N) is 6. The van der Waals surface area contributed by atoms with E-state index in [-0.39, 0.29) is 69.5 Å². The lowest BCUT2D eigenvalue weighted by atomic mass is 9.71. The molecule has 2 aliphatic carbocycles. The highest BCUT2D eigenvalue weighted by molar-refractivity contribution is 6.13. The molecule has 12 N–H and O–H groups in total. The summed E-state index contributed by atoms with van der Waals surface area (Å²) in [6.45, 7) is 16.4. The summed E-state index contributed by atoms with van der Waals surface area (Å²) in [7, 11) is 6.07. The van der Waals surface area contributed by atoms with Gasteiger partial charge in [0.05, 0.1) is 66.4 Å². The van der Waals surface area contributed by atoms with Gasteiger partial charge in [0.2, 0.25) is 35.4 Å². The minimum Gasteiger partial charge on any atom is -0.445 e. The molecule has 3 fully saturated rings.